The van der Waals surface area contributed by atoms with E-state index in [-0.39, 0.29) is 0 Å². The molecule has 16 heavy (non-hydrogen) atoms. The van der Waals surface area contributed by atoms with E-state index in [1.54, 1.807) is 4.90 Å². The molecule has 0 amide bonds. The van der Waals surface area contributed by atoms with Crippen LogP contribution in [0.3, 0.4) is 0 Å². The van der Waals surface area contributed by atoms with Crippen molar-refractivity contribution in [3.8, 4) is 0 Å². The molecular formula is C13H27N2O+. The van der Waals surface area contributed by atoms with E-state index >= 15 is 0 Å². The Morgan fingerprint density at radius 3 is 2.50 bits per heavy atom. The highest BCUT2D eigenvalue weighted by atomic mass is 16.5. The van der Waals surface area contributed by atoms with Crippen molar-refractivity contribution in [3.63, 3.8) is 0 Å². The molecular weight excluding hydrogens is 200 g/mol. The highest BCUT2D eigenvalue weighted by Gasteiger charge is 2.19. The third kappa shape index (κ3) is 5.28. The minimum Gasteiger partial charge on any atom is -0.370 e. The van der Waals surface area contributed by atoms with Crippen molar-refractivity contribution in [2.24, 2.45) is 0 Å². The highest BCUT2D eigenvalue weighted by molar-refractivity contribution is 4.80. The third-order valence-corrected chi connectivity index (χ3v) is 3.67. The van der Waals surface area contributed by atoms with Gasteiger partial charge in [-0.1, -0.05) is 6.42 Å². The summed E-state index contributed by atoms with van der Waals surface area (Å²) in [7, 11) is 0. The van der Waals surface area contributed by atoms with Crippen molar-refractivity contribution in [1.82, 2.24) is 5.32 Å². The Hall–Kier alpha value is -0.120. The predicted octanol–water partition coefficient (Wildman–Crippen LogP) is 0.214. The van der Waals surface area contributed by atoms with Crippen molar-refractivity contribution in [2.75, 3.05) is 39.4 Å². The predicted molar refractivity (Wildman–Crippen MR) is 65.9 cm³/mol. The lowest BCUT2D eigenvalue weighted by atomic mass is 10.2. The first-order chi connectivity index (χ1) is 7.95. The zero-order valence-electron chi connectivity index (χ0n) is 10.5. The van der Waals surface area contributed by atoms with E-state index in [0.29, 0.717) is 0 Å². The zero-order valence-corrected chi connectivity index (χ0v) is 10.5. The topological polar surface area (TPSA) is 25.7 Å². The number of morpholine rings is 1. The molecule has 0 aromatic carbocycles. The summed E-state index contributed by atoms with van der Waals surface area (Å²) in [6.45, 7) is 7.00. The lowest BCUT2D eigenvalue weighted by Crippen LogP contribution is -3.14. The first kappa shape index (κ1) is 12.3. The SMILES string of the molecule is C(CCC[NH+]1CCOCC1)CCNC1CC1. The molecule has 1 aliphatic carbocycles. The second-order valence-electron chi connectivity index (χ2n) is 5.25. The fourth-order valence-electron chi connectivity index (χ4n) is 2.36. The monoisotopic (exact) mass is 227 g/mol. The van der Waals surface area contributed by atoms with E-state index in [1.807, 2.05) is 0 Å². The number of ether oxygens (including phenoxy) is 1. The lowest BCUT2D eigenvalue weighted by molar-refractivity contribution is -0.908. The van der Waals surface area contributed by atoms with Gasteiger partial charge in [-0.2, -0.15) is 0 Å². The molecule has 1 heterocycles. The van der Waals surface area contributed by atoms with Crippen LogP contribution in [-0.4, -0.2) is 45.4 Å². The average Bonchev–Trinajstić information content (AvgIpc) is 3.13. The van der Waals surface area contributed by atoms with Crippen molar-refractivity contribution in [3.05, 3.63) is 0 Å². The van der Waals surface area contributed by atoms with Gasteiger partial charge in [-0.05, 0) is 38.6 Å². The van der Waals surface area contributed by atoms with Gasteiger partial charge in [-0.3, -0.25) is 0 Å². The second-order valence-corrected chi connectivity index (χ2v) is 5.25. The Labute approximate surface area is 99.5 Å². The minimum absolute atomic E-state index is 0.887. The van der Waals surface area contributed by atoms with Gasteiger partial charge in [0.15, 0.2) is 0 Å². The van der Waals surface area contributed by atoms with Crippen LogP contribution in [0.4, 0.5) is 0 Å². The Kier molecular flexibility index (Phi) is 5.59. The quantitative estimate of drug-likeness (QED) is 0.580. The molecule has 0 aromatic heterocycles. The summed E-state index contributed by atoms with van der Waals surface area (Å²) in [5.41, 5.74) is 0. The van der Waals surface area contributed by atoms with Crippen LogP contribution in [0.2, 0.25) is 0 Å². The van der Waals surface area contributed by atoms with Crippen LogP contribution in [-0.2, 0) is 4.74 Å². The van der Waals surface area contributed by atoms with Crippen molar-refractivity contribution < 1.29 is 9.64 Å². The maximum absolute atomic E-state index is 5.36. The van der Waals surface area contributed by atoms with E-state index < -0.39 is 0 Å². The van der Waals surface area contributed by atoms with Gasteiger partial charge < -0.3 is 15.0 Å². The van der Waals surface area contributed by atoms with Gasteiger partial charge >= 0.3 is 0 Å². The van der Waals surface area contributed by atoms with Crippen LogP contribution in [0.5, 0.6) is 0 Å². The molecule has 2 fully saturated rings. The van der Waals surface area contributed by atoms with Crippen molar-refractivity contribution >= 4 is 0 Å². The number of unbranched alkanes of at least 4 members (excludes halogenated alkanes) is 3. The third-order valence-electron chi connectivity index (χ3n) is 3.67. The van der Waals surface area contributed by atoms with Crippen LogP contribution < -0.4 is 10.2 Å². The molecule has 2 rings (SSSR count). The number of hydrogen-bond acceptors (Lipinski definition) is 2. The van der Waals surface area contributed by atoms with E-state index in [4.69, 9.17) is 4.74 Å². The fourth-order valence-corrected chi connectivity index (χ4v) is 2.36. The van der Waals surface area contributed by atoms with E-state index in [0.717, 1.165) is 19.3 Å². The van der Waals surface area contributed by atoms with Crippen LogP contribution >= 0.6 is 0 Å². The molecule has 3 heteroatoms. The Morgan fingerprint density at radius 2 is 1.75 bits per heavy atom. The molecule has 0 bridgehead atoms. The molecule has 1 saturated heterocycles. The maximum Gasteiger partial charge on any atom is 0.101 e. The summed E-state index contributed by atoms with van der Waals surface area (Å²) >= 11 is 0. The summed E-state index contributed by atoms with van der Waals surface area (Å²) in [6.07, 6.45) is 8.43. The molecule has 0 unspecified atom stereocenters. The van der Waals surface area contributed by atoms with Crippen LogP contribution in [0.25, 0.3) is 0 Å². The summed E-state index contributed by atoms with van der Waals surface area (Å²) < 4.78 is 5.36. The molecule has 94 valence electrons. The van der Waals surface area contributed by atoms with Gasteiger partial charge in [0.25, 0.3) is 0 Å². The molecule has 0 aromatic rings. The zero-order chi connectivity index (χ0) is 11.1. The van der Waals surface area contributed by atoms with Crippen molar-refractivity contribution in [1.29, 1.82) is 0 Å². The Morgan fingerprint density at radius 1 is 1.00 bits per heavy atom. The number of quaternary nitrogens is 1. The van der Waals surface area contributed by atoms with Gasteiger partial charge in [0, 0.05) is 6.04 Å². The number of nitrogens with one attached hydrogen (secondary N) is 2. The van der Waals surface area contributed by atoms with Crippen LogP contribution in [0.15, 0.2) is 0 Å². The summed E-state index contributed by atoms with van der Waals surface area (Å²) in [5, 5.41) is 3.58. The van der Waals surface area contributed by atoms with E-state index in [9.17, 15) is 0 Å². The van der Waals surface area contributed by atoms with E-state index in [2.05, 4.69) is 5.32 Å². The molecule has 0 spiro atoms. The molecule has 1 aliphatic heterocycles. The van der Waals surface area contributed by atoms with Gasteiger partial charge in [-0.25, -0.2) is 0 Å². The normalized spacial score (nSPS) is 22.5. The van der Waals surface area contributed by atoms with E-state index in [1.165, 1.54) is 64.7 Å². The number of hydrogen-bond donors (Lipinski definition) is 2. The smallest absolute Gasteiger partial charge is 0.101 e. The largest absolute Gasteiger partial charge is 0.370 e. The van der Waals surface area contributed by atoms with Crippen molar-refractivity contribution in [2.45, 2.75) is 44.6 Å². The Bertz CT molecular complexity index is 177. The molecule has 0 radical (unpaired) electrons. The van der Waals surface area contributed by atoms with Gasteiger partial charge in [0.05, 0.1) is 19.8 Å². The Balaban J connectivity index is 1.33. The summed E-state index contributed by atoms with van der Waals surface area (Å²) in [4.78, 5) is 1.75. The first-order valence-corrected chi connectivity index (χ1v) is 7.10. The molecule has 0 atom stereocenters. The molecule has 3 nitrogen and oxygen atoms in total. The summed E-state index contributed by atoms with van der Waals surface area (Å²) in [6, 6.07) is 0.887. The van der Waals surface area contributed by atoms with Gasteiger partial charge in [0.1, 0.15) is 13.1 Å². The average molecular weight is 227 g/mol. The first-order valence-electron chi connectivity index (χ1n) is 7.10. The number of rotatable bonds is 8. The van der Waals surface area contributed by atoms with Crippen LogP contribution in [0, 0.1) is 0 Å². The molecule has 2 aliphatic rings. The van der Waals surface area contributed by atoms with Crippen LogP contribution in [0.1, 0.15) is 38.5 Å². The standard InChI is InChI=1S/C13H26N2O/c1(3-7-14-13-5-6-13)2-4-8-15-9-11-16-12-10-15/h13-14H,1-12H2/p+1. The maximum atomic E-state index is 5.36. The minimum atomic E-state index is 0.887. The summed E-state index contributed by atoms with van der Waals surface area (Å²) in [5.74, 6) is 0. The lowest BCUT2D eigenvalue weighted by Gasteiger charge is -2.23. The second kappa shape index (κ2) is 7.25. The van der Waals surface area contributed by atoms with Gasteiger partial charge in [-0.15, -0.1) is 0 Å². The highest BCUT2D eigenvalue weighted by Crippen LogP contribution is 2.18. The molecule has 1 saturated carbocycles. The fraction of sp³-hybridized carbons (Fsp3) is 1.00. The van der Waals surface area contributed by atoms with Gasteiger partial charge in [0.2, 0.25) is 0 Å². The molecule has 2 N–H and O–H groups in total.